The smallest absolute Gasteiger partial charge is 0.286 e. The van der Waals surface area contributed by atoms with Crippen LogP contribution in [0.3, 0.4) is 0 Å². The first kappa shape index (κ1) is 19.7. The highest BCUT2D eigenvalue weighted by atomic mass is 32.2. The van der Waals surface area contributed by atoms with Gasteiger partial charge in [0.25, 0.3) is 5.91 Å². The molecule has 1 fully saturated rings. The molecule has 2 aliphatic heterocycles. The van der Waals surface area contributed by atoms with Crippen molar-refractivity contribution in [2.45, 2.75) is 6.92 Å². The van der Waals surface area contributed by atoms with E-state index in [-0.39, 0.29) is 5.91 Å². The number of furan rings is 1. The maximum absolute atomic E-state index is 12.5. The van der Waals surface area contributed by atoms with Gasteiger partial charge in [0.2, 0.25) is 0 Å². The number of hydrogen-bond acceptors (Lipinski definition) is 5. The van der Waals surface area contributed by atoms with E-state index < -0.39 is 0 Å². The van der Waals surface area contributed by atoms with Crippen LogP contribution in [-0.4, -0.2) is 42.2 Å². The zero-order chi connectivity index (χ0) is 21.2. The average Bonchev–Trinajstić information content (AvgIpc) is 3.42. The normalized spacial score (nSPS) is 18.0. The Balaban J connectivity index is 1.23. The number of rotatable bonds is 3. The summed E-state index contributed by atoms with van der Waals surface area (Å²) in [5.74, 6) is 1.26. The lowest BCUT2D eigenvalue weighted by Crippen LogP contribution is -2.47. The van der Waals surface area contributed by atoms with Gasteiger partial charge in [-0.15, -0.1) is 0 Å². The molecule has 1 saturated heterocycles. The fourth-order valence-corrected chi connectivity index (χ4v) is 4.78. The average molecular weight is 430 g/mol. The van der Waals surface area contributed by atoms with E-state index in [4.69, 9.17) is 4.42 Å². The van der Waals surface area contributed by atoms with Gasteiger partial charge in [-0.1, -0.05) is 42.5 Å². The van der Waals surface area contributed by atoms with Crippen LogP contribution < -0.4 is 4.90 Å². The van der Waals surface area contributed by atoms with Gasteiger partial charge >= 0.3 is 0 Å². The maximum atomic E-state index is 12.5. The van der Waals surface area contributed by atoms with Gasteiger partial charge in [0, 0.05) is 43.5 Å². The summed E-state index contributed by atoms with van der Waals surface area (Å²) in [4.78, 5) is 22.0. The van der Waals surface area contributed by atoms with Crippen LogP contribution in [0.15, 0.2) is 81.0 Å². The minimum atomic E-state index is -0.196. The van der Waals surface area contributed by atoms with Crippen LogP contribution in [0.4, 0.5) is 5.69 Å². The molecule has 0 aliphatic carbocycles. The first-order chi connectivity index (χ1) is 15.2. The summed E-state index contributed by atoms with van der Waals surface area (Å²) in [6, 6.07) is 22.3. The molecule has 0 N–H and O–H groups in total. The SMILES string of the molecule is Cc1cccc(N2CCN(C3=NC(=O)C(=Cc4ccc(-c5ccccc5)o4)S3)CC2)c1. The first-order valence-electron chi connectivity index (χ1n) is 10.4. The molecular weight excluding hydrogens is 406 g/mol. The number of carbonyl (C=O) groups excluding carboxylic acids is 1. The minimum absolute atomic E-state index is 0.196. The highest BCUT2D eigenvalue weighted by Gasteiger charge is 2.28. The summed E-state index contributed by atoms with van der Waals surface area (Å²) in [7, 11) is 0. The summed E-state index contributed by atoms with van der Waals surface area (Å²) >= 11 is 1.43. The molecule has 0 radical (unpaired) electrons. The Bertz CT molecular complexity index is 1160. The van der Waals surface area contributed by atoms with E-state index in [0.29, 0.717) is 10.7 Å². The molecule has 2 aromatic carbocycles. The molecule has 0 bridgehead atoms. The number of amides is 1. The van der Waals surface area contributed by atoms with Crippen molar-refractivity contribution in [3.8, 4) is 11.3 Å². The minimum Gasteiger partial charge on any atom is -0.457 e. The topological polar surface area (TPSA) is 49.0 Å². The number of carbonyl (C=O) groups is 1. The van der Waals surface area contributed by atoms with E-state index in [1.165, 1.54) is 23.0 Å². The molecule has 3 aromatic rings. The fourth-order valence-electron chi connectivity index (χ4n) is 3.83. The number of aryl methyl sites for hydroxylation is 1. The standard InChI is InChI=1S/C25H23N3O2S/c1-18-6-5-9-20(16-18)27-12-14-28(15-13-27)25-26-24(29)23(31-25)17-21-10-11-22(30-21)19-7-3-2-4-8-19/h2-11,16-17H,12-15H2,1H3. The molecule has 0 saturated carbocycles. The molecule has 0 unspecified atom stereocenters. The molecule has 2 aliphatic rings. The number of aliphatic imine (C=N–C) groups is 1. The van der Waals surface area contributed by atoms with Crippen molar-refractivity contribution in [3.05, 3.63) is 83.0 Å². The van der Waals surface area contributed by atoms with Gasteiger partial charge in [-0.2, -0.15) is 4.99 Å². The van der Waals surface area contributed by atoms with Gasteiger partial charge in [-0.3, -0.25) is 4.79 Å². The van der Waals surface area contributed by atoms with Crippen LogP contribution in [0.5, 0.6) is 0 Å². The molecule has 1 aromatic heterocycles. The van der Waals surface area contributed by atoms with E-state index in [1.54, 1.807) is 6.08 Å². The third kappa shape index (κ3) is 4.30. The van der Waals surface area contributed by atoms with Gasteiger partial charge in [0.1, 0.15) is 11.5 Å². The van der Waals surface area contributed by atoms with Crippen molar-refractivity contribution in [2.75, 3.05) is 31.1 Å². The summed E-state index contributed by atoms with van der Waals surface area (Å²) < 4.78 is 5.92. The predicted molar refractivity (Wildman–Crippen MR) is 127 cm³/mol. The van der Waals surface area contributed by atoms with Crippen molar-refractivity contribution in [1.82, 2.24) is 4.90 Å². The zero-order valence-electron chi connectivity index (χ0n) is 17.3. The quantitative estimate of drug-likeness (QED) is 0.546. The van der Waals surface area contributed by atoms with Gasteiger partial charge in [-0.25, -0.2) is 0 Å². The third-order valence-electron chi connectivity index (χ3n) is 5.48. The van der Waals surface area contributed by atoms with Gasteiger partial charge in [-0.05, 0) is 48.5 Å². The summed E-state index contributed by atoms with van der Waals surface area (Å²) in [5, 5.41) is 0.787. The molecule has 0 atom stereocenters. The van der Waals surface area contributed by atoms with E-state index in [9.17, 15) is 4.79 Å². The van der Waals surface area contributed by atoms with Crippen LogP contribution >= 0.6 is 11.8 Å². The molecule has 5 nitrogen and oxygen atoms in total. The lowest BCUT2D eigenvalue weighted by Gasteiger charge is -2.36. The van der Waals surface area contributed by atoms with Crippen LogP contribution in [0.25, 0.3) is 17.4 Å². The molecule has 156 valence electrons. The Hall–Kier alpha value is -3.25. The van der Waals surface area contributed by atoms with E-state index in [0.717, 1.165) is 42.7 Å². The Labute approximate surface area is 186 Å². The van der Waals surface area contributed by atoms with Crippen LogP contribution in [0, 0.1) is 6.92 Å². The van der Waals surface area contributed by atoms with E-state index >= 15 is 0 Å². The van der Waals surface area contributed by atoms with Crippen molar-refractivity contribution < 1.29 is 9.21 Å². The molecule has 0 spiro atoms. The maximum Gasteiger partial charge on any atom is 0.286 e. The lowest BCUT2D eigenvalue weighted by molar-refractivity contribution is -0.113. The summed E-state index contributed by atoms with van der Waals surface area (Å²) in [5.41, 5.74) is 3.54. The van der Waals surface area contributed by atoms with Gasteiger partial charge in [0.15, 0.2) is 5.17 Å². The number of anilines is 1. The second-order valence-electron chi connectivity index (χ2n) is 7.69. The van der Waals surface area contributed by atoms with Crippen molar-refractivity contribution in [1.29, 1.82) is 0 Å². The number of hydrogen-bond donors (Lipinski definition) is 0. The first-order valence-corrected chi connectivity index (χ1v) is 11.2. The number of piperazine rings is 1. The highest BCUT2D eigenvalue weighted by Crippen LogP contribution is 2.32. The van der Waals surface area contributed by atoms with E-state index in [1.807, 2.05) is 42.5 Å². The Morgan fingerprint density at radius 2 is 1.71 bits per heavy atom. The number of thioether (sulfide) groups is 1. The van der Waals surface area contributed by atoms with Crippen molar-refractivity contribution in [2.24, 2.45) is 4.99 Å². The largest absolute Gasteiger partial charge is 0.457 e. The highest BCUT2D eigenvalue weighted by molar-refractivity contribution is 8.18. The predicted octanol–water partition coefficient (Wildman–Crippen LogP) is 5.05. The summed E-state index contributed by atoms with van der Waals surface area (Å²) in [6.07, 6.45) is 1.79. The van der Waals surface area contributed by atoms with Crippen LogP contribution in [0.2, 0.25) is 0 Å². The molecule has 1 amide bonds. The third-order valence-corrected chi connectivity index (χ3v) is 6.53. The molecule has 6 heteroatoms. The van der Waals surface area contributed by atoms with Gasteiger partial charge in [0.05, 0.1) is 4.91 Å². The van der Waals surface area contributed by atoms with E-state index in [2.05, 4.69) is 46.0 Å². The Morgan fingerprint density at radius 3 is 2.48 bits per heavy atom. The van der Waals surface area contributed by atoms with Crippen LogP contribution in [0.1, 0.15) is 11.3 Å². The Morgan fingerprint density at radius 1 is 0.935 bits per heavy atom. The summed E-state index contributed by atoms with van der Waals surface area (Å²) in [6.45, 7) is 5.63. The Kier molecular flexibility index (Phi) is 5.38. The number of amidine groups is 1. The second-order valence-corrected chi connectivity index (χ2v) is 8.70. The van der Waals surface area contributed by atoms with Crippen LogP contribution in [-0.2, 0) is 4.79 Å². The molecule has 31 heavy (non-hydrogen) atoms. The molecule has 5 rings (SSSR count). The number of nitrogens with zero attached hydrogens (tertiary/aromatic N) is 3. The second kappa shape index (κ2) is 8.47. The number of benzene rings is 2. The van der Waals surface area contributed by atoms with Crippen molar-refractivity contribution in [3.63, 3.8) is 0 Å². The monoisotopic (exact) mass is 429 g/mol. The molecule has 3 heterocycles. The molecular formula is C25H23N3O2S. The zero-order valence-corrected chi connectivity index (χ0v) is 18.1. The lowest BCUT2D eigenvalue weighted by atomic mass is 10.2. The van der Waals surface area contributed by atoms with Crippen molar-refractivity contribution >= 4 is 34.6 Å². The van der Waals surface area contributed by atoms with Gasteiger partial charge < -0.3 is 14.2 Å². The fraction of sp³-hybridized carbons (Fsp3) is 0.200.